The lowest BCUT2D eigenvalue weighted by molar-refractivity contribution is 0.0600. The average Bonchev–Trinajstić information content (AvgIpc) is 3.22. The third-order valence-corrected chi connectivity index (χ3v) is 4.67. The topological polar surface area (TPSA) is 79.1 Å². The molecule has 7 heteroatoms. The fourth-order valence-corrected chi connectivity index (χ4v) is 3.09. The Morgan fingerprint density at radius 2 is 1.74 bits per heavy atom. The van der Waals surface area contributed by atoms with E-state index in [4.69, 9.17) is 9.47 Å². The molecule has 7 nitrogen and oxygen atoms in total. The van der Waals surface area contributed by atoms with Crippen molar-refractivity contribution in [3.05, 3.63) is 95.4 Å². The maximum atomic E-state index is 12.5. The van der Waals surface area contributed by atoms with E-state index in [1.54, 1.807) is 24.3 Å². The number of aromatic nitrogens is 2. The summed E-state index contributed by atoms with van der Waals surface area (Å²) in [7, 11) is 1.31. The fourth-order valence-electron chi connectivity index (χ4n) is 3.09. The van der Waals surface area contributed by atoms with Crippen LogP contribution in [0.15, 0.2) is 73.1 Å². The van der Waals surface area contributed by atoms with Crippen LogP contribution < -0.4 is 9.47 Å². The van der Waals surface area contributed by atoms with Crippen molar-refractivity contribution in [2.24, 2.45) is 0 Å². The maximum Gasteiger partial charge on any atom is 0.343 e. The number of hydrogen-bond acceptors (Lipinski definition) is 6. The number of fused-ring (bicyclic) bond motifs is 1. The summed E-state index contributed by atoms with van der Waals surface area (Å²) in [4.78, 5) is 28.6. The van der Waals surface area contributed by atoms with E-state index >= 15 is 0 Å². The summed E-state index contributed by atoms with van der Waals surface area (Å²) in [6.45, 7) is 2.28. The molecule has 0 spiro atoms. The van der Waals surface area contributed by atoms with Gasteiger partial charge in [-0.25, -0.2) is 14.6 Å². The lowest BCUT2D eigenvalue weighted by Crippen LogP contribution is -2.09. The van der Waals surface area contributed by atoms with Gasteiger partial charge in [-0.1, -0.05) is 12.1 Å². The molecule has 0 aliphatic heterocycles. The van der Waals surface area contributed by atoms with Gasteiger partial charge < -0.3 is 18.6 Å². The van der Waals surface area contributed by atoms with E-state index in [-0.39, 0.29) is 6.61 Å². The van der Waals surface area contributed by atoms with Crippen LogP contribution in [0.5, 0.6) is 11.5 Å². The van der Waals surface area contributed by atoms with Crippen LogP contribution >= 0.6 is 0 Å². The van der Waals surface area contributed by atoms with Gasteiger partial charge in [0.15, 0.2) is 0 Å². The second kappa shape index (κ2) is 8.71. The minimum atomic E-state index is -0.528. The molecule has 0 aliphatic rings. The minimum Gasteiger partial charge on any atom is -0.487 e. The van der Waals surface area contributed by atoms with E-state index in [1.165, 1.54) is 31.4 Å². The molecule has 0 saturated carbocycles. The third-order valence-electron chi connectivity index (χ3n) is 4.67. The standard InChI is InChI=1S/C24H20N2O5/c1-16-5-4-12-26-14-19(25-22(16)26)15-30-21-7-3-6-18(13-21)24(28)31-20-10-8-17(9-11-20)23(27)29-2/h3-14H,15H2,1-2H3. The number of ether oxygens (including phenoxy) is 3. The molecule has 4 rings (SSSR count). The van der Waals surface area contributed by atoms with Crippen molar-refractivity contribution in [3.8, 4) is 11.5 Å². The van der Waals surface area contributed by atoms with Gasteiger partial charge in [0.1, 0.15) is 23.8 Å². The zero-order valence-electron chi connectivity index (χ0n) is 17.1. The van der Waals surface area contributed by atoms with E-state index in [0.29, 0.717) is 22.6 Å². The number of benzene rings is 2. The largest absolute Gasteiger partial charge is 0.487 e. The predicted octanol–water partition coefficient (Wildman–Crippen LogP) is 4.23. The first kappa shape index (κ1) is 20.2. The molecule has 0 amide bonds. The van der Waals surface area contributed by atoms with E-state index in [2.05, 4.69) is 9.72 Å². The first-order valence-electron chi connectivity index (χ1n) is 9.60. The average molecular weight is 416 g/mol. The third kappa shape index (κ3) is 4.56. The first-order chi connectivity index (χ1) is 15.0. The number of pyridine rings is 1. The van der Waals surface area contributed by atoms with Crippen LogP contribution in [-0.4, -0.2) is 28.4 Å². The van der Waals surface area contributed by atoms with Gasteiger partial charge in [0.25, 0.3) is 0 Å². The van der Waals surface area contributed by atoms with Gasteiger partial charge in [-0.05, 0) is 61.0 Å². The number of imidazole rings is 1. The molecule has 0 N–H and O–H groups in total. The molecule has 2 aromatic heterocycles. The lowest BCUT2D eigenvalue weighted by atomic mass is 10.2. The lowest BCUT2D eigenvalue weighted by Gasteiger charge is -2.08. The van der Waals surface area contributed by atoms with Gasteiger partial charge in [-0.15, -0.1) is 0 Å². The summed E-state index contributed by atoms with van der Waals surface area (Å²) >= 11 is 0. The van der Waals surface area contributed by atoms with Crippen LogP contribution in [0.4, 0.5) is 0 Å². The highest BCUT2D eigenvalue weighted by Crippen LogP contribution is 2.19. The van der Waals surface area contributed by atoms with Crippen molar-refractivity contribution in [1.29, 1.82) is 0 Å². The Morgan fingerprint density at radius 3 is 2.48 bits per heavy atom. The van der Waals surface area contributed by atoms with Crippen LogP contribution in [0.3, 0.4) is 0 Å². The Hall–Kier alpha value is -4.13. The molecular formula is C24H20N2O5. The highest BCUT2D eigenvalue weighted by atomic mass is 16.5. The summed E-state index contributed by atoms with van der Waals surface area (Å²) in [5.41, 5.74) is 3.47. The van der Waals surface area contributed by atoms with Crippen molar-refractivity contribution in [2.75, 3.05) is 7.11 Å². The molecule has 0 aliphatic carbocycles. The van der Waals surface area contributed by atoms with Gasteiger partial charge in [0.2, 0.25) is 0 Å². The zero-order valence-corrected chi connectivity index (χ0v) is 17.1. The monoisotopic (exact) mass is 416 g/mol. The number of nitrogens with zero attached hydrogens (tertiary/aromatic N) is 2. The molecule has 0 saturated heterocycles. The quantitative estimate of drug-likeness (QED) is 0.346. The Morgan fingerprint density at radius 1 is 0.935 bits per heavy atom. The number of rotatable bonds is 6. The predicted molar refractivity (Wildman–Crippen MR) is 113 cm³/mol. The Kier molecular flexibility index (Phi) is 5.66. The Bertz CT molecular complexity index is 1240. The van der Waals surface area contributed by atoms with Crippen molar-refractivity contribution in [2.45, 2.75) is 13.5 Å². The van der Waals surface area contributed by atoms with Gasteiger partial charge in [-0.2, -0.15) is 0 Å². The van der Waals surface area contributed by atoms with Crippen molar-refractivity contribution in [3.63, 3.8) is 0 Å². The van der Waals surface area contributed by atoms with E-state index in [9.17, 15) is 9.59 Å². The summed E-state index contributed by atoms with van der Waals surface area (Å²) in [5, 5.41) is 0. The first-order valence-corrected chi connectivity index (χ1v) is 9.60. The Labute approximate surface area is 178 Å². The van der Waals surface area contributed by atoms with Crippen LogP contribution in [0.1, 0.15) is 32.0 Å². The number of hydrogen-bond donors (Lipinski definition) is 0. The van der Waals surface area contributed by atoms with Gasteiger partial charge >= 0.3 is 11.9 Å². The second-order valence-electron chi connectivity index (χ2n) is 6.88. The summed E-state index contributed by atoms with van der Waals surface area (Å²) in [5.74, 6) is -0.128. The van der Waals surface area contributed by atoms with Crippen LogP contribution in [0, 0.1) is 6.92 Å². The van der Waals surface area contributed by atoms with Crippen LogP contribution in [0.2, 0.25) is 0 Å². The molecule has 0 radical (unpaired) electrons. The summed E-state index contributed by atoms with van der Waals surface area (Å²) in [6.07, 6.45) is 3.85. The number of methoxy groups -OCH3 is 1. The second-order valence-corrected chi connectivity index (χ2v) is 6.88. The zero-order chi connectivity index (χ0) is 21.8. The number of carbonyl (C=O) groups excluding carboxylic acids is 2. The smallest absolute Gasteiger partial charge is 0.343 e. The number of aryl methyl sites for hydroxylation is 1. The van der Waals surface area contributed by atoms with Crippen molar-refractivity contribution in [1.82, 2.24) is 9.38 Å². The van der Waals surface area contributed by atoms with E-state index in [1.807, 2.05) is 35.9 Å². The SMILES string of the molecule is COC(=O)c1ccc(OC(=O)c2cccc(OCc3cn4cccc(C)c4n3)c2)cc1. The number of carbonyl (C=O) groups is 2. The van der Waals surface area contributed by atoms with Gasteiger partial charge in [-0.3, -0.25) is 0 Å². The Balaban J connectivity index is 1.41. The molecule has 31 heavy (non-hydrogen) atoms. The molecule has 0 fully saturated rings. The maximum absolute atomic E-state index is 12.5. The fraction of sp³-hybridized carbons (Fsp3) is 0.125. The van der Waals surface area contributed by atoms with Gasteiger partial charge in [0, 0.05) is 12.4 Å². The molecule has 4 aromatic rings. The summed E-state index contributed by atoms with van der Waals surface area (Å²) in [6, 6.07) is 16.9. The van der Waals surface area contributed by atoms with E-state index in [0.717, 1.165) is 16.9 Å². The number of esters is 2. The molecule has 2 heterocycles. The normalized spacial score (nSPS) is 10.6. The van der Waals surface area contributed by atoms with Crippen molar-refractivity contribution < 1.29 is 23.8 Å². The highest BCUT2D eigenvalue weighted by Gasteiger charge is 2.12. The summed E-state index contributed by atoms with van der Waals surface area (Å²) < 4.78 is 17.8. The van der Waals surface area contributed by atoms with Gasteiger partial charge in [0.05, 0.1) is 23.9 Å². The minimum absolute atomic E-state index is 0.272. The molecular weight excluding hydrogens is 396 g/mol. The van der Waals surface area contributed by atoms with Crippen molar-refractivity contribution >= 4 is 17.6 Å². The molecule has 0 bridgehead atoms. The van der Waals surface area contributed by atoms with E-state index < -0.39 is 11.9 Å². The molecule has 0 unspecified atom stereocenters. The molecule has 156 valence electrons. The van der Waals surface area contributed by atoms with Crippen LogP contribution in [-0.2, 0) is 11.3 Å². The highest BCUT2D eigenvalue weighted by molar-refractivity contribution is 5.92. The van der Waals surface area contributed by atoms with Crippen LogP contribution in [0.25, 0.3) is 5.65 Å². The molecule has 2 aromatic carbocycles. The molecule has 0 atom stereocenters.